The standard InChI is InChI=1S/C15H19N3O2S/c1-10-8-16-15(17-10)13-9-18(5-6-20-13)14(19)7-12-4-3-11(2)21-12/h3-4,8,13H,5-7,9H2,1-2H3,(H,16,17)/t13-/m0/s1. The number of hydrogen-bond acceptors (Lipinski definition) is 4. The first-order chi connectivity index (χ1) is 10.1. The van der Waals surface area contributed by atoms with Crippen LogP contribution >= 0.6 is 11.3 Å². The molecule has 1 aliphatic rings. The molecule has 1 aliphatic heterocycles. The Bertz CT molecular complexity index is 634. The first-order valence-corrected chi connectivity index (χ1v) is 7.89. The lowest BCUT2D eigenvalue weighted by molar-refractivity contribution is -0.138. The fourth-order valence-corrected chi connectivity index (χ4v) is 3.36. The van der Waals surface area contributed by atoms with Gasteiger partial charge in [-0.1, -0.05) is 0 Å². The molecule has 0 spiro atoms. The number of hydrogen-bond donors (Lipinski definition) is 1. The third kappa shape index (κ3) is 3.33. The lowest BCUT2D eigenvalue weighted by atomic mass is 10.2. The van der Waals surface area contributed by atoms with Crippen LogP contribution in [-0.4, -0.2) is 40.5 Å². The number of thiophene rings is 1. The molecule has 1 saturated heterocycles. The number of rotatable bonds is 3. The Morgan fingerprint density at radius 1 is 1.52 bits per heavy atom. The molecule has 21 heavy (non-hydrogen) atoms. The number of imidazole rings is 1. The van der Waals surface area contributed by atoms with Gasteiger partial charge >= 0.3 is 0 Å². The first kappa shape index (κ1) is 14.3. The van der Waals surface area contributed by atoms with E-state index in [-0.39, 0.29) is 12.0 Å². The van der Waals surface area contributed by atoms with Crippen molar-refractivity contribution in [1.82, 2.24) is 14.9 Å². The van der Waals surface area contributed by atoms with E-state index in [0.717, 1.165) is 16.4 Å². The van der Waals surface area contributed by atoms with Gasteiger partial charge in [-0.25, -0.2) is 4.98 Å². The van der Waals surface area contributed by atoms with Gasteiger partial charge in [0.25, 0.3) is 0 Å². The molecular weight excluding hydrogens is 286 g/mol. The molecule has 0 radical (unpaired) electrons. The minimum absolute atomic E-state index is 0.151. The minimum Gasteiger partial charge on any atom is -0.367 e. The van der Waals surface area contributed by atoms with E-state index in [4.69, 9.17) is 4.74 Å². The highest BCUT2D eigenvalue weighted by atomic mass is 32.1. The molecule has 0 unspecified atom stereocenters. The Labute approximate surface area is 128 Å². The fourth-order valence-electron chi connectivity index (χ4n) is 2.48. The maximum Gasteiger partial charge on any atom is 0.228 e. The smallest absolute Gasteiger partial charge is 0.228 e. The highest BCUT2D eigenvalue weighted by Gasteiger charge is 2.27. The van der Waals surface area contributed by atoms with Crippen LogP contribution in [0.2, 0.25) is 0 Å². The molecule has 2 aromatic heterocycles. The number of aromatic nitrogens is 2. The van der Waals surface area contributed by atoms with Crippen molar-refractivity contribution >= 4 is 17.2 Å². The average molecular weight is 305 g/mol. The Kier molecular flexibility index (Phi) is 4.07. The van der Waals surface area contributed by atoms with Gasteiger partial charge in [0.15, 0.2) is 0 Å². The van der Waals surface area contributed by atoms with Crippen LogP contribution in [0.25, 0.3) is 0 Å². The third-order valence-electron chi connectivity index (χ3n) is 3.57. The largest absolute Gasteiger partial charge is 0.367 e. The maximum absolute atomic E-state index is 12.4. The lowest BCUT2D eigenvalue weighted by Crippen LogP contribution is -2.43. The van der Waals surface area contributed by atoms with Crippen LogP contribution < -0.4 is 0 Å². The summed E-state index contributed by atoms with van der Waals surface area (Å²) in [5, 5.41) is 0. The summed E-state index contributed by atoms with van der Waals surface area (Å²) in [7, 11) is 0. The van der Waals surface area contributed by atoms with E-state index in [1.54, 1.807) is 17.5 Å². The number of carbonyl (C=O) groups is 1. The summed E-state index contributed by atoms with van der Waals surface area (Å²) in [4.78, 5) is 24.1. The van der Waals surface area contributed by atoms with Crippen molar-refractivity contribution in [2.24, 2.45) is 0 Å². The van der Waals surface area contributed by atoms with Gasteiger partial charge in [-0.2, -0.15) is 0 Å². The van der Waals surface area contributed by atoms with Crippen LogP contribution in [0.3, 0.4) is 0 Å². The van der Waals surface area contributed by atoms with Crippen LogP contribution in [-0.2, 0) is 16.0 Å². The highest BCUT2D eigenvalue weighted by molar-refractivity contribution is 7.12. The summed E-state index contributed by atoms with van der Waals surface area (Å²) in [6, 6.07) is 4.09. The zero-order valence-corrected chi connectivity index (χ0v) is 13.1. The van der Waals surface area contributed by atoms with Crippen LogP contribution in [0.1, 0.15) is 27.4 Å². The topological polar surface area (TPSA) is 58.2 Å². The molecule has 1 fully saturated rings. The lowest BCUT2D eigenvalue weighted by Gasteiger charge is -2.32. The van der Waals surface area contributed by atoms with Crippen molar-refractivity contribution in [1.29, 1.82) is 0 Å². The van der Waals surface area contributed by atoms with E-state index in [1.165, 1.54) is 4.88 Å². The predicted molar refractivity (Wildman–Crippen MR) is 81.4 cm³/mol. The van der Waals surface area contributed by atoms with Gasteiger partial charge < -0.3 is 14.6 Å². The molecule has 3 heterocycles. The first-order valence-electron chi connectivity index (χ1n) is 7.08. The Balaban J connectivity index is 1.64. The number of aryl methyl sites for hydroxylation is 2. The summed E-state index contributed by atoms with van der Waals surface area (Å²) < 4.78 is 5.73. The van der Waals surface area contributed by atoms with Crippen molar-refractivity contribution in [3.8, 4) is 0 Å². The van der Waals surface area contributed by atoms with E-state index >= 15 is 0 Å². The predicted octanol–water partition coefficient (Wildman–Crippen LogP) is 2.23. The number of ether oxygens (including phenoxy) is 1. The summed E-state index contributed by atoms with van der Waals surface area (Å²) in [6.07, 6.45) is 2.11. The van der Waals surface area contributed by atoms with Gasteiger partial charge in [0.05, 0.1) is 19.6 Å². The van der Waals surface area contributed by atoms with E-state index in [0.29, 0.717) is 26.1 Å². The monoisotopic (exact) mass is 305 g/mol. The van der Waals surface area contributed by atoms with Crippen molar-refractivity contribution in [3.05, 3.63) is 39.6 Å². The van der Waals surface area contributed by atoms with E-state index < -0.39 is 0 Å². The molecule has 3 rings (SSSR count). The SMILES string of the molecule is Cc1cnc([C@@H]2CN(C(=O)Cc3ccc(C)s3)CCO2)[nH]1. The number of nitrogens with one attached hydrogen (secondary N) is 1. The van der Waals surface area contributed by atoms with Crippen molar-refractivity contribution in [3.63, 3.8) is 0 Å². The Morgan fingerprint density at radius 2 is 2.38 bits per heavy atom. The fraction of sp³-hybridized carbons (Fsp3) is 0.467. The van der Waals surface area contributed by atoms with Crippen LogP contribution in [0.5, 0.6) is 0 Å². The van der Waals surface area contributed by atoms with Crippen molar-refractivity contribution < 1.29 is 9.53 Å². The normalized spacial score (nSPS) is 19.0. The van der Waals surface area contributed by atoms with E-state index in [2.05, 4.69) is 23.0 Å². The molecule has 1 N–H and O–H groups in total. The number of nitrogens with zero attached hydrogens (tertiary/aromatic N) is 2. The summed E-state index contributed by atoms with van der Waals surface area (Å²) in [5.74, 6) is 0.963. The van der Waals surface area contributed by atoms with E-state index in [1.807, 2.05) is 17.9 Å². The van der Waals surface area contributed by atoms with Crippen LogP contribution in [0, 0.1) is 13.8 Å². The Hall–Kier alpha value is -1.66. The number of aromatic amines is 1. The molecule has 0 aliphatic carbocycles. The number of H-pyrrole nitrogens is 1. The second-order valence-corrected chi connectivity index (χ2v) is 6.71. The second kappa shape index (κ2) is 5.99. The van der Waals surface area contributed by atoms with Crippen molar-refractivity contribution in [2.75, 3.05) is 19.7 Å². The van der Waals surface area contributed by atoms with Gasteiger partial charge in [0, 0.05) is 28.2 Å². The molecule has 0 aromatic carbocycles. The van der Waals surface area contributed by atoms with Gasteiger partial charge in [-0.15, -0.1) is 11.3 Å². The maximum atomic E-state index is 12.4. The van der Waals surface area contributed by atoms with Gasteiger partial charge in [-0.05, 0) is 26.0 Å². The molecule has 2 aromatic rings. The summed E-state index contributed by atoms with van der Waals surface area (Å²) in [6.45, 7) is 5.79. The number of amides is 1. The Morgan fingerprint density at radius 3 is 3.05 bits per heavy atom. The molecule has 1 amide bonds. The second-order valence-electron chi connectivity index (χ2n) is 5.34. The highest BCUT2D eigenvalue weighted by Crippen LogP contribution is 2.21. The zero-order chi connectivity index (χ0) is 14.8. The molecular formula is C15H19N3O2S. The zero-order valence-electron chi connectivity index (χ0n) is 12.3. The van der Waals surface area contributed by atoms with Crippen LogP contribution in [0.15, 0.2) is 18.3 Å². The average Bonchev–Trinajstić information content (AvgIpc) is 3.08. The molecule has 0 bridgehead atoms. The van der Waals surface area contributed by atoms with Gasteiger partial charge in [0.2, 0.25) is 5.91 Å². The summed E-state index contributed by atoms with van der Waals surface area (Å²) in [5.41, 5.74) is 1.01. The minimum atomic E-state index is -0.151. The quantitative estimate of drug-likeness (QED) is 0.946. The molecule has 1 atom stereocenters. The molecule has 0 saturated carbocycles. The molecule has 112 valence electrons. The molecule has 5 nitrogen and oxygen atoms in total. The van der Waals surface area contributed by atoms with Crippen molar-refractivity contribution in [2.45, 2.75) is 26.4 Å². The summed E-state index contributed by atoms with van der Waals surface area (Å²) >= 11 is 1.68. The number of morpholine rings is 1. The number of carbonyl (C=O) groups excluding carboxylic acids is 1. The van der Waals surface area contributed by atoms with Gasteiger partial charge in [0.1, 0.15) is 11.9 Å². The van der Waals surface area contributed by atoms with Gasteiger partial charge in [-0.3, -0.25) is 4.79 Å². The van der Waals surface area contributed by atoms with Crippen LogP contribution in [0.4, 0.5) is 0 Å². The van der Waals surface area contributed by atoms with E-state index in [9.17, 15) is 4.79 Å². The molecule has 6 heteroatoms. The third-order valence-corrected chi connectivity index (χ3v) is 4.57.